The molecule has 23 heavy (non-hydrogen) atoms. The fourth-order valence-corrected chi connectivity index (χ4v) is 2.67. The van der Waals surface area contributed by atoms with Crippen LogP contribution in [0.3, 0.4) is 0 Å². The molecule has 0 bridgehead atoms. The van der Waals surface area contributed by atoms with Crippen LogP contribution in [0.15, 0.2) is 59.2 Å². The molecule has 0 saturated heterocycles. The van der Waals surface area contributed by atoms with E-state index < -0.39 is 0 Å². The van der Waals surface area contributed by atoms with Gasteiger partial charge < -0.3 is 9.73 Å². The third-order valence-corrected chi connectivity index (χ3v) is 3.92. The molecular weight excluding hydrogens is 332 g/mol. The van der Waals surface area contributed by atoms with E-state index in [-0.39, 0.29) is 11.0 Å². The average Bonchev–Trinajstić information content (AvgIpc) is 3.06. The molecule has 0 aliphatic rings. The molecule has 0 radical (unpaired) electrons. The Hall–Kier alpha value is -2.37. The van der Waals surface area contributed by atoms with E-state index in [2.05, 4.69) is 10.6 Å². The van der Waals surface area contributed by atoms with Crippen molar-refractivity contribution in [3.8, 4) is 0 Å². The third kappa shape index (κ3) is 3.52. The Morgan fingerprint density at radius 3 is 2.65 bits per heavy atom. The first-order chi connectivity index (χ1) is 11.1. The van der Waals surface area contributed by atoms with Gasteiger partial charge in [0.2, 0.25) is 0 Å². The van der Waals surface area contributed by atoms with E-state index in [0.29, 0.717) is 17.1 Å². The van der Waals surface area contributed by atoms with Gasteiger partial charge in [-0.25, -0.2) is 0 Å². The standard InChI is InChI=1S/C17H13ClN2O2S/c18-15-8-2-5-12-13(15)6-1-7-14(12)16(21)20-17(23)19-10-11-4-3-9-22-11/h1-9H,10H2,(H2,19,20,21,23). The minimum atomic E-state index is -0.283. The van der Waals surface area contributed by atoms with E-state index in [4.69, 9.17) is 28.2 Å². The van der Waals surface area contributed by atoms with Crippen LogP contribution in [0.2, 0.25) is 5.02 Å². The number of carbonyl (C=O) groups is 1. The lowest BCUT2D eigenvalue weighted by Gasteiger charge is -2.10. The van der Waals surface area contributed by atoms with Crippen LogP contribution >= 0.6 is 23.8 Å². The van der Waals surface area contributed by atoms with E-state index in [0.717, 1.165) is 16.5 Å². The molecule has 6 heteroatoms. The average molecular weight is 345 g/mol. The molecule has 0 atom stereocenters. The zero-order chi connectivity index (χ0) is 16.2. The lowest BCUT2D eigenvalue weighted by molar-refractivity contribution is 0.0978. The molecule has 0 saturated carbocycles. The predicted molar refractivity (Wildman–Crippen MR) is 94.6 cm³/mol. The van der Waals surface area contributed by atoms with Gasteiger partial charge in [-0.15, -0.1) is 0 Å². The highest BCUT2D eigenvalue weighted by atomic mass is 35.5. The van der Waals surface area contributed by atoms with Crippen molar-refractivity contribution in [1.82, 2.24) is 10.6 Å². The van der Waals surface area contributed by atoms with Crippen molar-refractivity contribution < 1.29 is 9.21 Å². The van der Waals surface area contributed by atoms with Gasteiger partial charge >= 0.3 is 0 Å². The first-order valence-corrected chi connectivity index (χ1v) is 7.72. The van der Waals surface area contributed by atoms with Crippen LogP contribution in [-0.2, 0) is 6.54 Å². The molecule has 3 aromatic rings. The van der Waals surface area contributed by atoms with Gasteiger partial charge in [0.25, 0.3) is 5.91 Å². The van der Waals surface area contributed by atoms with Crippen LogP contribution in [0.4, 0.5) is 0 Å². The van der Waals surface area contributed by atoms with Crippen molar-refractivity contribution in [3.63, 3.8) is 0 Å². The van der Waals surface area contributed by atoms with E-state index in [9.17, 15) is 4.79 Å². The van der Waals surface area contributed by atoms with Gasteiger partial charge in [-0.3, -0.25) is 10.1 Å². The van der Waals surface area contributed by atoms with Gasteiger partial charge in [0, 0.05) is 16.0 Å². The lowest BCUT2D eigenvalue weighted by Crippen LogP contribution is -2.38. The van der Waals surface area contributed by atoms with E-state index >= 15 is 0 Å². The number of furan rings is 1. The number of nitrogens with one attached hydrogen (secondary N) is 2. The maximum Gasteiger partial charge on any atom is 0.258 e. The van der Waals surface area contributed by atoms with Crippen LogP contribution in [0.25, 0.3) is 10.8 Å². The topological polar surface area (TPSA) is 54.3 Å². The van der Waals surface area contributed by atoms with E-state index in [1.54, 1.807) is 30.5 Å². The SMILES string of the molecule is O=C(NC(=S)NCc1ccco1)c1cccc2c(Cl)cccc12. The number of benzene rings is 2. The summed E-state index contributed by atoms with van der Waals surface area (Å²) in [5.74, 6) is 0.452. The Kier molecular flexibility index (Phi) is 4.60. The minimum absolute atomic E-state index is 0.241. The second-order valence-electron chi connectivity index (χ2n) is 4.86. The number of carbonyl (C=O) groups excluding carboxylic acids is 1. The highest BCUT2D eigenvalue weighted by molar-refractivity contribution is 7.80. The molecule has 1 aromatic heterocycles. The monoisotopic (exact) mass is 344 g/mol. The number of amides is 1. The van der Waals surface area contributed by atoms with Gasteiger partial charge in [0.15, 0.2) is 5.11 Å². The number of hydrogen-bond donors (Lipinski definition) is 2. The number of hydrogen-bond acceptors (Lipinski definition) is 3. The molecule has 0 aliphatic heterocycles. The molecule has 1 amide bonds. The molecule has 116 valence electrons. The maximum absolute atomic E-state index is 12.4. The Morgan fingerprint density at radius 1 is 1.09 bits per heavy atom. The molecule has 3 rings (SSSR count). The van der Waals surface area contributed by atoms with Crippen LogP contribution in [0.5, 0.6) is 0 Å². The first kappa shape index (κ1) is 15.5. The van der Waals surface area contributed by atoms with Crippen LogP contribution in [0, 0.1) is 0 Å². The van der Waals surface area contributed by atoms with Crippen LogP contribution in [-0.4, -0.2) is 11.0 Å². The van der Waals surface area contributed by atoms with Gasteiger partial charge in [-0.2, -0.15) is 0 Å². The molecule has 0 fully saturated rings. The normalized spacial score (nSPS) is 10.5. The summed E-state index contributed by atoms with van der Waals surface area (Å²) in [5, 5.41) is 8.05. The molecule has 4 nitrogen and oxygen atoms in total. The summed E-state index contributed by atoms with van der Waals surface area (Å²) in [6.45, 7) is 0.410. The summed E-state index contributed by atoms with van der Waals surface area (Å²) in [6, 6.07) is 14.5. The summed E-state index contributed by atoms with van der Waals surface area (Å²) in [6.07, 6.45) is 1.58. The van der Waals surface area contributed by atoms with E-state index in [1.165, 1.54) is 0 Å². The zero-order valence-corrected chi connectivity index (χ0v) is 13.6. The highest BCUT2D eigenvalue weighted by Gasteiger charge is 2.12. The highest BCUT2D eigenvalue weighted by Crippen LogP contribution is 2.25. The third-order valence-electron chi connectivity index (χ3n) is 3.34. The molecule has 2 aromatic carbocycles. The Bertz CT molecular complexity index is 862. The molecule has 1 heterocycles. The second kappa shape index (κ2) is 6.81. The molecule has 0 unspecified atom stereocenters. The smallest absolute Gasteiger partial charge is 0.258 e. The summed E-state index contributed by atoms with van der Waals surface area (Å²) >= 11 is 11.3. The summed E-state index contributed by atoms with van der Waals surface area (Å²) in [7, 11) is 0. The summed E-state index contributed by atoms with van der Waals surface area (Å²) in [5.41, 5.74) is 0.521. The summed E-state index contributed by atoms with van der Waals surface area (Å²) < 4.78 is 5.19. The van der Waals surface area contributed by atoms with Gasteiger partial charge in [-0.1, -0.05) is 35.9 Å². The lowest BCUT2D eigenvalue weighted by atomic mass is 10.0. The Balaban J connectivity index is 1.73. The van der Waals surface area contributed by atoms with Crippen molar-refractivity contribution in [3.05, 3.63) is 71.1 Å². The van der Waals surface area contributed by atoms with Gasteiger partial charge in [0.05, 0.1) is 12.8 Å². The van der Waals surface area contributed by atoms with Gasteiger partial charge in [-0.05, 0) is 41.9 Å². The van der Waals surface area contributed by atoms with Crippen molar-refractivity contribution >= 4 is 45.6 Å². The largest absolute Gasteiger partial charge is 0.467 e. The van der Waals surface area contributed by atoms with E-state index in [1.807, 2.05) is 24.3 Å². The number of halogens is 1. The van der Waals surface area contributed by atoms with Crippen molar-refractivity contribution in [2.45, 2.75) is 6.54 Å². The van der Waals surface area contributed by atoms with Crippen molar-refractivity contribution in [2.75, 3.05) is 0 Å². The molecular formula is C17H13ClN2O2S. The quantitative estimate of drug-likeness (QED) is 0.708. The predicted octanol–water partition coefficient (Wildman–Crippen LogP) is 3.89. The van der Waals surface area contributed by atoms with Crippen molar-refractivity contribution in [2.24, 2.45) is 0 Å². The number of rotatable bonds is 3. The fraction of sp³-hybridized carbons (Fsp3) is 0.0588. The Labute approximate surface area is 143 Å². The number of fused-ring (bicyclic) bond motifs is 1. The zero-order valence-electron chi connectivity index (χ0n) is 12.0. The van der Waals surface area contributed by atoms with Crippen LogP contribution in [0.1, 0.15) is 16.1 Å². The maximum atomic E-state index is 12.4. The van der Waals surface area contributed by atoms with Crippen molar-refractivity contribution in [1.29, 1.82) is 0 Å². The first-order valence-electron chi connectivity index (χ1n) is 6.94. The second-order valence-corrected chi connectivity index (χ2v) is 5.67. The van der Waals surface area contributed by atoms with Crippen LogP contribution < -0.4 is 10.6 Å². The molecule has 0 spiro atoms. The molecule has 2 N–H and O–H groups in total. The fourth-order valence-electron chi connectivity index (χ4n) is 2.26. The summed E-state index contributed by atoms with van der Waals surface area (Å²) in [4.78, 5) is 12.4. The Morgan fingerprint density at radius 2 is 1.87 bits per heavy atom. The van der Waals surface area contributed by atoms with Gasteiger partial charge in [0.1, 0.15) is 5.76 Å². The molecule has 0 aliphatic carbocycles. The number of thiocarbonyl (C=S) groups is 1. The minimum Gasteiger partial charge on any atom is -0.467 e.